The molecule has 0 spiro atoms. The molecule has 0 fully saturated rings. The maximum absolute atomic E-state index is 13.0. The lowest BCUT2D eigenvalue weighted by atomic mass is 10.1. The van der Waals surface area contributed by atoms with Gasteiger partial charge >= 0.3 is 0 Å². The zero-order valence-electron chi connectivity index (χ0n) is 7.09. The fourth-order valence-electron chi connectivity index (χ4n) is 1.09. The highest BCUT2D eigenvalue weighted by molar-refractivity contribution is 9.09. The zero-order chi connectivity index (χ0) is 10.7. The van der Waals surface area contributed by atoms with E-state index in [1.54, 1.807) is 0 Å². The van der Waals surface area contributed by atoms with Crippen LogP contribution in [0.15, 0.2) is 6.07 Å². The molecule has 1 rings (SSSR count). The Morgan fingerprint density at radius 2 is 1.50 bits per heavy atom. The maximum Gasteiger partial charge on any atom is 0.165 e. The van der Waals surface area contributed by atoms with Crippen molar-refractivity contribution in [2.24, 2.45) is 0 Å². The predicted octanol–water partition coefficient (Wildman–Crippen LogP) is 3.57. The fourth-order valence-corrected chi connectivity index (χ4v) is 1.37. The molecule has 0 bridgehead atoms. The summed E-state index contributed by atoms with van der Waals surface area (Å²) in [6.07, 6.45) is 0.383. The lowest BCUT2D eigenvalue weighted by Gasteiger charge is -2.05. The molecular weight excluding hydrogens is 264 g/mol. The van der Waals surface area contributed by atoms with Gasteiger partial charge in [0.1, 0.15) is 0 Å². The Hall–Kier alpha value is -0.580. The van der Waals surface area contributed by atoms with Gasteiger partial charge in [-0.25, -0.2) is 17.6 Å². The monoisotopic (exact) mass is 270 g/mol. The van der Waals surface area contributed by atoms with Crippen molar-refractivity contribution in [2.75, 3.05) is 5.33 Å². The van der Waals surface area contributed by atoms with Crippen molar-refractivity contribution < 1.29 is 17.6 Å². The van der Waals surface area contributed by atoms with E-state index in [0.717, 1.165) is 0 Å². The van der Waals surface area contributed by atoms with Crippen LogP contribution in [0.5, 0.6) is 0 Å². The van der Waals surface area contributed by atoms with Crippen molar-refractivity contribution in [2.45, 2.75) is 12.8 Å². The highest BCUT2D eigenvalue weighted by Gasteiger charge is 2.17. The smallest absolute Gasteiger partial charge is 0.165 e. The number of alkyl halides is 1. The third-order valence-corrected chi connectivity index (χ3v) is 2.32. The van der Waals surface area contributed by atoms with E-state index in [-0.39, 0.29) is 12.5 Å². The minimum absolute atomic E-state index is 0.0302. The molecule has 78 valence electrons. The standard InChI is InChI=1S/C9H7BrF4/c10-3-1-2-5-8(13)6(11)4-7(12)9(5)14/h4H,1-3H2. The summed E-state index contributed by atoms with van der Waals surface area (Å²) in [6, 6.07) is 0.211. The summed E-state index contributed by atoms with van der Waals surface area (Å²) < 4.78 is 51.2. The second-order valence-electron chi connectivity index (χ2n) is 2.74. The number of benzene rings is 1. The van der Waals surface area contributed by atoms with Gasteiger partial charge in [-0.1, -0.05) is 15.9 Å². The van der Waals surface area contributed by atoms with Gasteiger partial charge in [-0.3, -0.25) is 0 Å². The van der Waals surface area contributed by atoms with E-state index in [1.807, 2.05) is 0 Å². The molecule has 0 aromatic heterocycles. The second-order valence-corrected chi connectivity index (χ2v) is 3.53. The van der Waals surface area contributed by atoms with Crippen LogP contribution in [0.25, 0.3) is 0 Å². The second kappa shape index (κ2) is 4.77. The molecule has 14 heavy (non-hydrogen) atoms. The first kappa shape index (κ1) is 11.5. The molecule has 1 aromatic carbocycles. The summed E-state index contributed by atoms with van der Waals surface area (Å²) in [7, 11) is 0. The van der Waals surface area contributed by atoms with E-state index in [4.69, 9.17) is 0 Å². The summed E-state index contributed by atoms with van der Waals surface area (Å²) >= 11 is 3.06. The van der Waals surface area contributed by atoms with E-state index in [0.29, 0.717) is 11.8 Å². The van der Waals surface area contributed by atoms with Crippen LogP contribution in [0.1, 0.15) is 12.0 Å². The highest BCUT2D eigenvalue weighted by atomic mass is 79.9. The van der Waals surface area contributed by atoms with Crippen molar-refractivity contribution in [3.63, 3.8) is 0 Å². The molecule has 5 heteroatoms. The summed E-state index contributed by atoms with van der Waals surface area (Å²) in [6.45, 7) is 0. The molecule has 0 heterocycles. The zero-order valence-corrected chi connectivity index (χ0v) is 8.67. The third-order valence-electron chi connectivity index (χ3n) is 1.76. The summed E-state index contributed by atoms with van der Waals surface area (Å²) in [5.41, 5.74) is -0.526. The lowest BCUT2D eigenvalue weighted by Crippen LogP contribution is -2.02. The van der Waals surface area contributed by atoms with E-state index in [1.165, 1.54) is 0 Å². The van der Waals surface area contributed by atoms with Crippen molar-refractivity contribution in [3.8, 4) is 0 Å². The molecule has 0 nitrogen and oxygen atoms in total. The van der Waals surface area contributed by atoms with Crippen molar-refractivity contribution in [1.29, 1.82) is 0 Å². The Balaban J connectivity index is 3.11. The molecule has 1 aromatic rings. The quantitative estimate of drug-likeness (QED) is 0.448. The summed E-state index contributed by atoms with van der Waals surface area (Å²) in [5, 5.41) is 0.518. The SMILES string of the molecule is Fc1cc(F)c(F)c(CCCBr)c1F. The van der Waals surface area contributed by atoms with Gasteiger partial charge in [0, 0.05) is 17.0 Å². The van der Waals surface area contributed by atoms with Gasteiger partial charge in [-0.2, -0.15) is 0 Å². The van der Waals surface area contributed by atoms with Crippen LogP contribution in [-0.4, -0.2) is 5.33 Å². The van der Waals surface area contributed by atoms with Crippen LogP contribution in [-0.2, 0) is 6.42 Å². The topological polar surface area (TPSA) is 0 Å². The Kier molecular flexibility index (Phi) is 3.92. The number of halogens is 5. The van der Waals surface area contributed by atoms with E-state index in [9.17, 15) is 17.6 Å². The number of hydrogen-bond donors (Lipinski definition) is 0. The van der Waals surface area contributed by atoms with Gasteiger partial charge < -0.3 is 0 Å². The van der Waals surface area contributed by atoms with Gasteiger partial charge in [-0.15, -0.1) is 0 Å². The van der Waals surface area contributed by atoms with Crippen LogP contribution in [0.4, 0.5) is 17.6 Å². The van der Waals surface area contributed by atoms with E-state index in [2.05, 4.69) is 15.9 Å². The lowest BCUT2D eigenvalue weighted by molar-refractivity contribution is 0.438. The first-order chi connectivity index (χ1) is 6.57. The molecule has 0 radical (unpaired) electrons. The van der Waals surface area contributed by atoms with Gasteiger partial charge in [0.2, 0.25) is 0 Å². The summed E-state index contributed by atoms with van der Waals surface area (Å²) in [5.74, 6) is -5.31. The first-order valence-electron chi connectivity index (χ1n) is 3.95. The minimum atomic E-state index is -1.35. The Labute approximate surface area is 87.1 Å². The third kappa shape index (κ3) is 2.26. The molecule has 0 N–H and O–H groups in total. The predicted molar refractivity (Wildman–Crippen MR) is 48.4 cm³/mol. The maximum atomic E-state index is 13.0. The molecule has 0 saturated carbocycles. The summed E-state index contributed by atoms with van der Waals surface area (Å²) in [4.78, 5) is 0. The van der Waals surface area contributed by atoms with Crippen LogP contribution in [0, 0.1) is 23.3 Å². The first-order valence-corrected chi connectivity index (χ1v) is 5.08. The Morgan fingerprint density at radius 3 is 1.93 bits per heavy atom. The molecule has 0 amide bonds. The van der Waals surface area contributed by atoms with Crippen LogP contribution in [0.3, 0.4) is 0 Å². The van der Waals surface area contributed by atoms with Gasteiger partial charge in [0.15, 0.2) is 23.3 Å². The van der Waals surface area contributed by atoms with E-state index >= 15 is 0 Å². The van der Waals surface area contributed by atoms with Gasteiger partial charge in [0.25, 0.3) is 0 Å². The molecule has 0 saturated heterocycles. The molecule has 0 aliphatic heterocycles. The highest BCUT2D eigenvalue weighted by Crippen LogP contribution is 2.20. The van der Waals surface area contributed by atoms with Gasteiger partial charge in [-0.05, 0) is 12.8 Å². The van der Waals surface area contributed by atoms with Gasteiger partial charge in [0.05, 0.1) is 0 Å². The molecule has 0 atom stereocenters. The van der Waals surface area contributed by atoms with Crippen LogP contribution in [0.2, 0.25) is 0 Å². The van der Waals surface area contributed by atoms with Crippen molar-refractivity contribution >= 4 is 15.9 Å². The average Bonchev–Trinajstić information content (AvgIpc) is 2.15. The van der Waals surface area contributed by atoms with Crippen molar-refractivity contribution in [1.82, 2.24) is 0 Å². The molecule has 0 unspecified atom stereocenters. The normalized spacial score (nSPS) is 10.6. The largest absolute Gasteiger partial charge is 0.204 e. The van der Waals surface area contributed by atoms with E-state index < -0.39 is 28.8 Å². The van der Waals surface area contributed by atoms with Crippen LogP contribution < -0.4 is 0 Å². The van der Waals surface area contributed by atoms with Crippen molar-refractivity contribution in [3.05, 3.63) is 34.9 Å². The Bertz CT molecular complexity index is 312. The average molecular weight is 271 g/mol. The molecule has 0 aliphatic rings. The Morgan fingerprint density at radius 1 is 1.00 bits per heavy atom. The fraction of sp³-hybridized carbons (Fsp3) is 0.333. The van der Waals surface area contributed by atoms with Crippen LogP contribution >= 0.6 is 15.9 Å². The molecular formula is C9H7BrF4. The number of hydrogen-bond acceptors (Lipinski definition) is 0. The number of rotatable bonds is 3. The molecule has 0 aliphatic carbocycles. The minimum Gasteiger partial charge on any atom is -0.204 e.